The standard InChI is InChI=1S/C18H20Cl2N4O2/c1-2-26-18(25)11-5-6-13(14(19)8-11)12-4-3-7-24(10-12)15-9-16(20)22-23-17(15)21/h5-6,8-9,12H,2-4,7,10H2,1H3,(H2,21,23)/t12-/m0/s1. The molecule has 3 rings (SSSR count). The van der Waals surface area contributed by atoms with Crippen molar-refractivity contribution >= 4 is 40.7 Å². The fraction of sp³-hybridized carbons (Fsp3) is 0.389. The Kier molecular flexibility index (Phi) is 5.84. The Morgan fingerprint density at radius 2 is 2.15 bits per heavy atom. The second kappa shape index (κ2) is 8.10. The molecule has 2 N–H and O–H groups in total. The van der Waals surface area contributed by atoms with Crippen molar-refractivity contribution in [2.75, 3.05) is 30.3 Å². The summed E-state index contributed by atoms with van der Waals surface area (Å²) in [5.74, 6) is 0.217. The van der Waals surface area contributed by atoms with Crippen molar-refractivity contribution in [3.05, 3.63) is 45.6 Å². The smallest absolute Gasteiger partial charge is 0.338 e. The third-order valence-electron chi connectivity index (χ3n) is 4.49. The molecule has 1 atom stereocenters. The van der Waals surface area contributed by atoms with Crippen LogP contribution in [0.5, 0.6) is 0 Å². The highest BCUT2D eigenvalue weighted by molar-refractivity contribution is 6.31. The minimum absolute atomic E-state index is 0.221. The van der Waals surface area contributed by atoms with E-state index >= 15 is 0 Å². The van der Waals surface area contributed by atoms with Gasteiger partial charge in [0.1, 0.15) is 0 Å². The van der Waals surface area contributed by atoms with E-state index in [-0.39, 0.29) is 11.9 Å². The van der Waals surface area contributed by atoms with Gasteiger partial charge in [-0.3, -0.25) is 0 Å². The van der Waals surface area contributed by atoms with Crippen molar-refractivity contribution in [2.45, 2.75) is 25.7 Å². The molecule has 2 aromatic rings. The van der Waals surface area contributed by atoms with E-state index in [4.69, 9.17) is 33.7 Å². The molecule has 0 bridgehead atoms. The molecule has 8 heteroatoms. The van der Waals surface area contributed by atoms with Crippen LogP contribution in [0.4, 0.5) is 11.5 Å². The molecule has 0 radical (unpaired) electrons. The van der Waals surface area contributed by atoms with Gasteiger partial charge in [-0.25, -0.2) is 4.79 Å². The van der Waals surface area contributed by atoms with E-state index in [1.807, 2.05) is 6.07 Å². The predicted octanol–water partition coefficient (Wildman–Crippen LogP) is 3.93. The number of carbonyl (C=O) groups is 1. The summed E-state index contributed by atoms with van der Waals surface area (Å²) < 4.78 is 5.02. The highest BCUT2D eigenvalue weighted by atomic mass is 35.5. The molecule has 0 unspecified atom stereocenters. The molecule has 2 heterocycles. The molecule has 0 aliphatic carbocycles. The largest absolute Gasteiger partial charge is 0.462 e. The summed E-state index contributed by atoms with van der Waals surface area (Å²) in [6.45, 7) is 3.71. The highest BCUT2D eigenvalue weighted by Gasteiger charge is 2.25. The minimum atomic E-state index is -0.364. The first kappa shape index (κ1) is 18.7. The lowest BCUT2D eigenvalue weighted by atomic mass is 9.89. The molecule has 26 heavy (non-hydrogen) atoms. The molecule has 1 aromatic carbocycles. The number of halogens is 2. The number of ether oxygens (including phenoxy) is 1. The van der Waals surface area contributed by atoms with Crippen LogP contribution < -0.4 is 10.6 Å². The number of nitrogen functional groups attached to an aromatic ring is 1. The first-order valence-electron chi connectivity index (χ1n) is 8.49. The maximum atomic E-state index is 11.9. The van der Waals surface area contributed by atoms with Crippen molar-refractivity contribution in [1.82, 2.24) is 10.2 Å². The number of carbonyl (C=O) groups excluding carboxylic acids is 1. The quantitative estimate of drug-likeness (QED) is 0.791. The Labute approximate surface area is 162 Å². The molecule has 0 spiro atoms. The molecular formula is C18H20Cl2N4O2. The average molecular weight is 395 g/mol. The monoisotopic (exact) mass is 394 g/mol. The number of rotatable bonds is 4. The number of benzene rings is 1. The van der Waals surface area contributed by atoms with Gasteiger partial charge in [0.25, 0.3) is 0 Å². The summed E-state index contributed by atoms with van der Waals surface area (Å²) >= 11 is 12.4. The molecule has 1 aliphatic rings. The maximum Gasteiger partial charge on any atom is 0.338 e. The Morgan fingerprint density at radius 1 is 1.35 bits per heavy atom. The molecule has 0 saturated carbocycles. The van der Waals surface area contributed by atoms with Crippen LogP contribution in [0.3, 0.4) is 0 Å². The van der Waals surface area contributed by atoms with Crippen LogP contribution in [0.15, 0.2) is 24.3 Å². The minimum Gasteiger partial charge on any atom is -0.462 e. The molecule has 0 amide bonds. The average Bonchev–Trinajstić information content (AvgIpc) is 2.64. The zero-order valence-corrected chi connectivity index (χ0v) is 15.9. The van der Waals surface area contributed by atoms with E-state index in [1.54, 1.807) is 25.1 Å². The van der Waals surface area contributed by atoms with Crippen LogP contribution in [0, 0.1) is 0 Å². The lowest BCUT2D eigenvalue weighted by Gasteiger charge is -2.35. The van der Waals surface area contributed by atoms with Crippen molar-refractivity contribution in [2.24, 2.45) is 0 Å². The number of hydrogen-bond acceptors (Lipinski definition) is 6. The molecule has 1 aliphatic heterocycles. The first-order chi connectivity index (χ1) is 12.5. The number of esters is 1. The van der Waals surface area contributed by atoms with Crippen molar-refractivity contribution in [3.63, 3.8) is 0 Å². The van der Waals surface area contributed by atoms with Crippen LogP contribution in [0.1, 0.15) is 41.6 Å². The normalized spacial score (nSPS) is 17.2. The summed E-state index contributed by atoms with van der Waals surface area (Å²) in [4.78, 5) is 14.0. The van der Waals surface area contributed by atoms with Gasteiger partial charge in [0, 0.05) is 30.1 Å². The van der Waals surface area contributed by atoms with Gasteiger partial charge in [0.15, 0.2) is 11.0 Å². The maximum absolute atomic E-state index is 11.9. The molecular weight excluding hydrogens is 375 g/mol. The lowest BCUT2D eigenvalue weighted by Crippen LogP contribution is -2.35. The Morgan fingerprint density at radius 3 is 2.88 bits per heavy atom. The molecule has 1 aromatic heterocycles. The third-order valence-corrected chi connectivity index (χ3v) is 5.00. The first-order valence-corrected chi connectivity index (χ1v) is 9.25. The zero-order chi connectivity index (χ0) is 18.7. The fourth-order valence-electron chi connectivity index (χ4n) is 3.27. The summed E-state index contributed by atoms with van der Waals surface area (Å²) in [7, 11) is 0. The summed E-state index contributed by atoms with van der Waals surface area (Å²) in [5, 5.41) is 8.54. The molecule has 6 nitrogen and oxygen atoms in total. The number of nitrogens with zero attached hydrogens (tertiary/aromatic N) is 3. The van der Waals surface area contributed by atoms with Gasteiger partial charge in [-0.15, -0.1) is 10.2 Å². The van der Waals surface area contributed by atoms with Gasteiger partial charge >= 0.3 is 5.97 Å². The van der Waals surface area contributed by atoms with Gasteiger partial charge in [-0.1, -0.05) is 29.3 Å². The number of hydrogen-bond donors (Lipinski definition) is 1. The Bertz CT molecular complexity index is 816. The van der Waals surface area contributed by atoms with Gasteiger partial charge in [0.05, 0.1) is 17.9 Å². The van der Waals surface area contributed by atoms with E-state index in [0.29, 0.717) is 28.2 Å². The van der Waals surface area contributed by atoms with Crippen LogP contribution in [-0.4, -0.2) is 35.9 Å². The van der Waals surface area contributed by atoms with Gasteiger partial charge in [0.2, 0.25) is 0 Å². The van der Waals surface area contributed by atoms with Crippen LogP contribution in [-0.2, 0) is 4.74 Å². The molecule has 1 saturated heterocycles. The fourth-order valence-corrected chi connectivity index (χ4v) is 3.75. The van der Waals surface area contributed by atoms with E-state index in [1.165, 1.54) is 0 Å². The van der Waals surface area contributed by atoms with Gasteiger partial charge in [-0.05, 0) is 37.5 Å². The summed E-state index contributed by atoms with van der Waals surface area (Å²) in [6, 6.07) is 7.08. The van der Waals surface area contributed by atoms with Crippen molar-refractivity contribution in [3.8, 4) is 0 Å². The molecule has 138 valence electrons. The SMILES string of the molecule is CCOC(=O)c1ccc([C@H]2CCCN(c3cc(Cl)nnc3N)C2)c(Cl)c1. The summed E-state index contributed by atoms with van der Waals surface area (Å²) in [6.07, 6.45) is 1.99. The van der Waals surface area contributed by atoms with Crippen LogP contribution in [0.25, 0.3) is 0 Å². The van der Waals surface area contributed by atoms with E-state index in [2.05, 4.69) is 15.1 Å². The lowest BCUT2D eigenvalue weighted by molar-refractivity contribution is 0.0526. The third kappa shape index (κ3) is 4.02. The van der Waals surface area contributed by atoms with E-state index < -0.39 is 0 Å². The van der Waals surface area contributed by atoms with Crippen LogP contribution >= 0.6 is 23.2 Å². The second-order valence-electron chi connectivity index (χ2n) is 6.18. The van der Waals surface area contributed by atoms with Gasteiger partial charge < -0.3 is 15.4 Å². The number of anilines is 2. The van der Waals surface area contributed by atoms with Crippen molar-refractivity contribution < 1.29 is 9.53 Å². The summed E-state index contributed by atoms with van der Waals surface area (Å²) in [5.41, 5.74) is 8.22. The highest BCUT2D eigenvalue weighted by Crippen LogP contribution is 2.35. The van der Waals surface area contributed by atoms with Gasteiger partial charge in [-0.2, -0.15) is 0 Å². The van der Waals surface area contributed by atoms with E-state index in [9.17, 15) is 4.79 Å². The Balaban J connectivity index is 1.81. The number of nitrogens with two attached hydrogens (primary N) is 1. The predicted molar refractivity (Wildman–Crippen MR) is 103 cm³/mol. The number of aromatic nitrogens is 2. The van der Waals surface area contributed by atoms with Crippen LogP contribution in [0.2, 0.25) is 10.2 Å². The second-order valence-corrected chi connectivity index (χ2v) is 6.97. The molecule has 1 fully saturated rings. The number of piperidine rings is 1. The topological polar surface area (TPSA) is 81.3 Å². The van der Waals surface area contributed by atoms with E-state index in [0.717, 1.165) is 37.2 Å². The zero-order valence-electron chi connectivity index (χ0n) is 14.4. The Hall–Kier alpha value is -2.05. The van der Waals surface area contributed by atoms with Crippen molar-refractivity contribution in [1.29, 1.82) is 0 Å².